The number of carboxylic acids is 1. The van der Waals surface area contributed by atoms with Crippen molar-refractivity contribution >= 4 is 35.1 Å². The first-order valence-electron chi connectivity index (χ1n) is 9.58. The van der Waals surface area contributed by atoms with Crippen molar-refractivity contribution in [3.05, 3.63) is 59.7 Å². The largest absolute Gasteiger partial charge is 0.478 e. The minimum Gasteiger partial charge on any atom is -0.478 e. The monoisotopic (exact) mass is 392 g/mol. The highest BCUT2D eigenvalue weighted by molar-refractivity contribution is 6.22. The molecule has 2 unspecified atom stereocenters. The summed E-state index contributed by atoms with van der Waals surface area (Å²) in [6, 6.07) is 12.2. The fourth-order valence-corrected chi connectivity index (χ4v) is 4.11. The summed E-state index contributed by atoms with van der Waals surface area (Å²) in [4.78, 5) is 50.1. The highest BCUT2D eigenvalue weighted by Gasteiger charge is 2.48. The van der Waals surface area contributed by atoms with Crippen LogP contribution in [0.25, 0.3) is 0 Å². The number of benzene rings is 2. The van der Waals surface area contributed by atoms with E-state index in [1.54, 1.807) is 36.4 Å². The lowest BCUT2D eigenvalue weighted by molar-refractivity contribution is -0.122. The zero-order valence-corrected chi connectivity index (χ0v) is 15.6. The van der Waals surface area contributed by atoms with Crippen molar-refractivity contribution in [3.63, 3.8) is 0 Å². The molecule has 7 heteroatoms. The summed E-state index contributed by atoms with van der Waals surface area (Å²) in [5, 5.41) is 11.7. The van der Waals surface area contributed by atoms with Gasteiger partial charge in [0.15, 0.2) is 0 Å². The Morgan fingerprint density at radius 3 is 2.10 bits per heavy atom. The van der Waals surface area contributed by atoms with Gasteiger partial charge in [0.2, 0.25) is 11.8 Å². The average molecular weight is 392 g/mol. The Hall–Kier alpha value is -3.48. The summed E-state index contributed by atoms with van der Waals surface area (Å²) >= 11 is 0. The van der Waals surface area contributed by atoms with Crippen molar-refractivity contribution in [1.29, 1.82) is 0 Å². The molecule has 1 aliphatic carbocycles. The molecule has 0 spiro atoms. The molecule has 7 nitrogen and oxygen atoms in total. The zero-order valence-electron chi connectivity index (χ0n) is 15.6. The SMILES string of the molecule is O=C(O)c1cccc(NC(=O)c2ccc(N3C(=O)C4CCCCC4C3=O)cc2)c1. The molecule has 2 fully saturated rings. The van der Waals surface area contributed by atoms with Crippen LogP contribution < -0.4 is 10.2 Å². The molecule has 2 aromatic rings. The summed E-state index contributed by atoms with van der Waals surface area (Å²) in [5.41, 5.74) is 1.25. The van der Waals surface area contributed by atoms with E-state index in [4.69, 9.17) is 5.11 Å². The maximum atomic E-state index is 12.7. The van der Waals surface area contributed by atoms with Crippen LogP contribution >= 0.6 is 0 Å². The molecule has 2 aromatic carbocycles. The van der Waals surface area contributed by atoms with Gasteiger partial charge in [-0.05, 0) is 55.3 Å². The molecule has 0 aromatic heterocycles. The topological polar surface area (TPSA) is 104 Å². The fourth-order valence-electron chi connectivity index (χ4n) is 4.11. The number of carbonyl (C=O) groups is 4. The molecule has 0 radical (unpaired) electrons. The van der Waals surface area contributed by atoms with Crippen LogP contribution in [0, 0.1) is 11.8 Å². The van der Waals surface area contributed by atoms with Gasteiger partial charge in [-0.1, -0.05) is 18.9 Å². The molecule has 3 amide bonds. The van der Waals surface area contributed by atoms with Gasteiger partial charge in [-0.3, -0.25) is 19.3 Å². The Morgan fingerprint density at radius 1 is 0.897 bits per heavy atom. The minimum atomic E-state index is -1.08. The van der Waals surface area contributed by atoms with Crippen LogP contribution in [0.15, 0.2) is 48.5 Å². The van der Waals surface area contributed by atoms with Crippen molar-refractivity contribution in [2.75, 3.05) is 10.2 Å². The number of anilines is 2. The molecule has 2 N–H and O–H groups in total. The lowest BCUT2D eigenvalue weighted by atomic mass is 9.81. The van der Waals surface area contributed by atoms with E-state index in [0.29, 0.717) is 16.9 Å². The molecule has 29 heavy (non-hydrogen) atoms. The van der Waals surface area contributed by atoms with E-state index in [0.717, 1.165) is 25.7 Å². The standard InChI is InChI=1S/C22H20N2O5/c25-19(23-15-5-3-4-14(12-15)22(28)29)13-8-10-16(11-9-13)24-20(26)17-6-1-2-7-18(17)21(24)27/h3-5,8-12,17-18H,1-2,6-7H2,(H,23,25)(H,28,29). The molecular formula is C22H20N2O5. The number of hydrogen-bond donors (Lipinski definition) is 2. The highest BCUT2D eigenvalue weighted by Crippen LogP contribution is 2.40. The van der Waals surface area contributed by atoms with Crippen molar-refractivity contribution in [2.24, 2.45) is 11.8 Å². The first-order valence-corrected chi connectivity index (χ1v) is 9.58. The van der Waals surface area contributed by atoms with Crippen LogP contribution in [0.3, 0.4) is 0 Å². The second-order valence-corrected chi connectivity index (χ2v) is 7.40. The molecule has 0 bridgehead atoms. The van der Waals surface area contributed by atoms with Crippen LogP contribution in [-0.4, -0.2) is 28.8 Å². The number of fused-ring (bicyclic) bond motifs is 1. The Bertz CT molecular complexity index is 975. The van der Waals surface area contributed by atoms with Gasteiger partial charge < -0.3 is 10.4 Å². The quantitative estimate of drug-likeness (QED) is 0.777. The van der Waals surface area contributed by atoms with Crippen LogP contribution in [0.4, 0.5) is 11.4 Å². The van der Waals surface area contributed by atoms with Gasteiger partial charge in [0, 0.05) is 11.3 Å². The molecule has 148 valence electrons. The van der Waals surface area contributed by atoms with Gasteiger partial charge in [-0.25, -0.2) is 4.79 Å². The average Bonchev–Trinajstić information content (AvgIpc) is 2.99. The van der Waals surface area contributed by atoms with Gasteiger partial charge in [0.25, 0.3) is 5.91 Å². The molecule has 2 atom stereocenters. The van der Waals surface area contributed by atoms with E-state index in [9.17, 15) is 19.2 Å². The Morgan fingerprint density at radius 2 is 1.52 bits per heavy atom. The molecule has 1 aliphatic heterocycles. The summed E-state index contributed by atoms with van der Waals surface area (Å²) < 4.78 is 0. The van der Waals surface area contributed by atoms with Gasteiger partial charge in [-0.15, -0.1) is 0 Å². The second-order valence-electron chi connectivity index (χ2n) is 7.40. The number of amides is 3. The third kappa shape index (κ3) is 3.51. The van der Waals surface area contributed by atoms with E-state index in [-0.39, 0.29) is 29.2 Å². The molecule has 1 saturated carbocycles. The van der Waals surface area contributed by atoms with Crippen LogP contribution in [0.2, 0.25) is 0 Å². The highest BCUT2D eigenvalue weighted by atomic mass is 16.4. The number of imide groups is 1. The van der Waals surface area contributed by atoms with Crippen molar-refractivity contribution < 1.29 is 24.3 Å². The first kappa shape index (κ1) is 18.9. The van der Waals surface area contributed by atoms with Crippen LogP contribution in [0.1, 0.15) is 46.4 Å². The predicted molar refractivity (Wildman–Crippen MR) is 106 cm³/mol. The van der Waals surface area contributed by atoms with Gasteiger partial charge in [-0.2, -0.15) is 0 Å². The Labute approximate surface area is 167 Å². The smallest absolute Gasteiger partial charge is 0.335 e. The second kappa shape index (κ2) is 7.50. The van der Waals surface area contributed by atoms with Crippen molar-refractivity contribution in [2.45, 2.75) is 25.7 Å². The van der Waals surface area contributed by atoms with Gasteiger partial charge >= 0.3 is 5.97 Å². The number of rotatable bonds is 4. The van der Waals surface area contributed by atoms with E-state index in [1.807, 2.05) is 0 Å². The number of nitrogens with one attached hydrogen (secondary N) is 1. The minimum absolute atomic E-state index is 0.0747. The molecule has 2 aliphatic rings. The summed E-state index contributed by atoms with van der Waals surface area (Å²) in [7, 11) is 0. The number of hydrogen-bond acceptors (Lipinski definition) is 4. The summed E-state index contributed by atoms with van der Waals surface area (Å²) in [6.45, 7) is 0. The number of aromatic carboxylic acids is 1. The summed E-state index contributed by atoms with van der Waals surface area (Å²) in [5.74, 6) is -2.23. The zero-order chi connectivity index (χ0) is 20.5. The molecule has 1 heterocycles. The third-order valence-corrected chi connectivity index (χ3v) is 5.60. The Balaban J connectivity index is 1.50. The van der Waals surface area contributed by atoms with E-state index in [2.05, 4.69) is 5.32 Å². The predicted octanol–water partition coefficient (Wildman–Crippen LogP) is 3.32. The maximum Gasteiger partial charge on any atom is 0.335 e. The number of carboxylic acid groups (broad SMARTS) is 1. The molecule has 1 saturated heterocycles. The van der Waals surface area contributed by atoms with E-state index >= 15 is 0 Å². The van der Waals surface area contributed by atoms with Crippen LogP contribution in [0.5, 0.6) is 0 Å². The lowest BCUT2D eigenvalue weighted by Crippen LogP contribution is -2.30. The molecular weight excluding hydrogens is 372 g/mol. The fraction of sp³-hybridized carbons (Fsp3) is 0.273. The normalized spacial score (nSPS) is 21.0. The first-order chi connectivity index (χ1) is 14.0. The van der Waals surface area contributed by atoms with Crippen molar-refractivity contribution in [1.82, 2.24) is 0 Å². The number of carbonyl (C=O) groups excluding carboxylic acids is 3. The van der Waals surface area contributed by atoms with Gasteiger partial charge in [0.05, 0.1) is 23.1 Å². The third-order valence-electron chi connectivity index (χ3n) is 5.60. The van der Waals surface area contributed by atoms with E-state index < -0.39 is 11.9 Å². The maximum absolute atomic E-state index is 12.7. The van der Waals surface area contributed by atoms with Gasteiger partial charge in [0.1, 0.15) is 0 Å². The lowest BCUT2D eigenvalue weighted by Gasteiger charge is -2.19. The van der Waals surface area contributed by atoms with Crippen LogP contribution in [-0.2, 0) is 9.59 Å². The van der Waals surface area contributed by atoms with E-state index in [1.165, 1.54) is 17.0 Å². The van der Waals surface area contributed by atoms with Crippen molar-refractivity contribution in [3.8, 4) is 0 Å². The summed E-state index contributed by atoms with van der Waals surface area (Å²) in [6.07, 6.45) is 3.44. The number of nitrogens with zero attached hydrogens (tertiary/aromatic N) is 1. The molecule has 4 rings (SSSR count). The Kier molecular flexibility index (Phi) is 4.88.